The first-order valence-electron chi connectivity index (χ1n) is 5.96. The summed E-state index contributed by atoms with van der Waals surface area (Å²) < 4.78 is 4.67. The van der Waals surface area contributed by atoms with Crippen LogP contribution in [0.1, 0.15) is 6.42 Å². The molecule has 1 atom stereocenters. The molecule has 0 bridgehead atoms. The highest BCUT2D eigenvalue weighted by atomic mass is 35.5. The van der Waals surface area contributed by atoms with E-state index in [1.807, 2.05) is 6.26 Å². The molecule has 1 rings (SSSR count). The SMILES string of the molecule is COC(=O)C(CCSC)NC(=O)Nc1ccc(Cl)cc1. The van der Waals surface area contributed by atoms with Gasteiger partial charge in [-0.15, -0.1) is 0 Å². The van der Waals surface area contributed by atoms with Gasteiger partial charge in [-0.25, -0.2) is 9.59 Å². The summed E-state index contributed by atoms with van der Waals surface area (Å²) in [4.78, 5) is 23.4. The van der Waals surface area contributed by atoms with Gasteiger partial charge in [0.2, 0.25) is 0 Å². The number of ether oxygens (including phenoxy) is 1. The predicted molar refractivity (Wildman–Crippen MR) is 82.4 cm³/mol. The minimum absolute atomic E-state index is 0.453. The molecule has 110 valence electrons. The summed E-state index contributed by atoms with van der Waals surface area (Å²) in [6.45, 7) is 0. The number of benzene rings is 1. The van der Waals surface area contributed by atoms with Crippen LogP contribution in [-0.4, -0.2) is 37.2 Å². The maximum absolute atomic E-state index is 11.8. The quantitative estimate of drug-likeness (QED) is 0.792. The number of esters is 1. The Morgan fingerprint density at radius 2 is 2.00 bits per heavy atom. The first-order chi connectivity index (χ1) is 9.56. The van der Waals surface area contributed by atoms with E-state index < -0.39 is 18.0 Å². The van der Waals surface area contributed by atoms with E-state index in [0.29, 0.717) is 17.1 Å². The molecule has 0 radical (unpaired) electrons. The van der Waals surface area contributed by atoms with Crippen molar-refractivity contribution in [2.45, 2.75) is 12.5 Å². The summed E-state index contributed by atoms with van der Waals surface area (Å²) in [7, 11) is 1.30. The number of carbonyl (C=O) groups excluding carboxylic acids is 2. The molecule has 1 aromatic rings. The molecular weight excluding hydrogens is 300 g/mol. The first-order valence-corrected chi connectivity index (χ1v) is 7.74. The van der Waals surface area contributed by atoms with Crippen molar-refractivity contribution in [1.82, 2.24) is 5.32 Å². The van der Waals surface area contributed by atoms with Gasteiger partial charge in [0, 0.05) is 10.7 Å². The fraction of sp³-hybridized carbons (Fsp3) is 0.385. The van der Waals surface area contributed by atoms with Crippen molar-refractivity contribution in [1.29, 1.82) is 0 Å². The van der Waals surface area contributed by atoms with E-state index in [1.54, 1.807) is 36.0 Å². The third-order valence-electron chi connectivity index (χ3n) is 2.50. The molecule has 20 heavy (non-hydrogen) atoms. The Bertz CT molecular complexity index is 453. The van der Waals surface area contributed by atoms with Gasteiger partial charge in [0.25, 0.3) is 0 Å². The summed E-state index contributed by atoms with van der Waals surface area (Å²) in [6.07, 6.45) is 2.45. The zero-order valence-corrected chi connectivity index (χ0v) is 12.9. The average molecular weight is 317 g/mol. The van der Waals surface area contributed by atoms with Crippen molar-refractivity contribution in [3.05, 3.63) is 29.3 Å². The van der Waals surface area contributed by atoms with Gasteiger partial charge in [0.1, 0.15) is 6.04 Å². The summed E-state index contributed by atoms with van der Waals surface area (Å²) >= 11 is 7.35. The van der Waals surface area contributed by atoms with Gasteiger partial charge in [-0.05, 0) is 42.7 Å². The van der Waals surface area contributed by atoms with Crippen molar-refractivity contribution >= 4 is 41.1 Å². The maximum Gasteiger partial charge on any atom is 0.328 e. The zero-order valence-electron chi connectivity index (χ0n) is 11.3. The maximum atomic E-state index is 11.8. The molecular formula is C13H17ClN2O3S. The number of carbonyl (C=O) groups is 2. The minimum atomic E-state index is -0.653. The van der Waals surface area contributed by atoms with E-state index in [-0.39, 0.29) is 0 Å². The molecule has 2 amide bonds. The van der Waals surface area contributed by atoms with Crippen molar-refractivity contribution in [3.8, 4) is 0 Å². The van der Waals surface area contributed by atoms with Crippen LogP contribution in [0.4, 0.5) is 10.5 Å². The highest BCUT2D eigenvalue weighted by molar-refractivity contribution is 7.98. The van der Waals surface area contributed by atoms with Gasteiger partial charge < -0.3 is 15.4 Å². The van der Waals surface area contributed by atoms with E-state index in [4.69, 9.17) is 11.6 Å². The highest BCUT2D eigenvalue weighted by Gasteiger charge is 2.20. The molecule has 0 aliphatic carbocycles. The van der Waals surface area contributed by atoms with E-state index in [0.717, 1.165) is 5.75 Å². The fourth-order valence-corrected chi connectivity index (χ4v) is 2.08. The van der Waals surface area contributed by atoms with Crippen LogP contribution in [0.2, 0.25) is 5.02 Å². The minimum Gasteiger partial charge on any atom is -0.467 e. The Labute approximate surface area is 127 Å². The number of halogens is 1. The lowest BCUT2D eigenvalue weighted by atomic mass is 10.2. The Balaban J connectivity index is 2.56. The molecule has 2 N–H and O–H groups in total. The Kier molecular flexibility index (Phi) is 7.25. The lowest BCUT2D eigenvalue weighted by molar-refractivity contribution is -0.142. The molecule has 0 saturated heterocycles. The van der Waals surface area contributed by atoms with Crippen LogP contribution >= 0.6 is 23.4 Å². The Hall–Kier alpha value is -1.40. The molecule has 1 unspecified atom stereocenters. The second-order valence-corrected chi connectivity index (χ2v) is 5.38. The summed E-state index contributed by atoms with van der Waals surface area (Å²) in [6, 6.07) is 5.59. The first kappa shape index (κ1) is 16.7. The van der Waals surface area contributed by atoms with Crippen LogP contribution in [0.25, 0.3) is 0 Å². The third-order valence-corrected chi connectivity index (χ3v) is 3.40. The average Bonchev–Trinajstić information content (AvgIpc) is 2.45. The van der Waals surface area contributed by atoms with Gasteiger partial charge in [-0.1, -0.05) is 11.6 Å². The molecule has 0 aliphatic heterocycles. The van der Waals surface area contributed by atoms with Gasteiger partial charge >= 0.3 is 12.0 Å². The number of urea groups is 1. The number of hydrogen-bond acceptors (Lipinski definition) is 4. The summed E-state index contributed by atoms with van der Waals surface area (Å²) in [5, 5.41) is 5.81. The number of anilines is 1. The largest absolute Gasteiger partial charge is 0.467 e. The van der Waals surface area contributed by atoms with Crippen LogP contribution in [0.15, 0.2) is 24.3 Å². The zero-order chi connectivity index (χ0) is 15.0. The van der Waals surface area contributed by atoms with E-state index >= 15 is 0 Å². The molecule has 0 saturated carbocycles. The smallest absolute Gasteiger partial charge is 0.328 e. The normalized spacial score (nSPS) is 11.6. The van der Waals surface area contributed by atoms with Gasteiger partial charge in [0.05, 0.1) is 7.11 Å². The summed E-state index contributed by atoms with van der Waals surface area (Å²) in [5.41, 5.74) is 0.598. The van der Waals surface area contributed by atoms with Crippen LogP contribution in [-0.2, 0) is 9.53 Å². The number of amides is 2. The Morgan fingerprint density at radius 3 is 2.55 bits per heavy atom. The third kappa shape index (κ3) is 5.71. The van der Waals surface area contributed by atoms with Crippen LogP contribution < -0.4 is 10.6 Å². The topological polar surface area (TPSA) is 67.4 Å². The van der Waals surface area contributed by atoms with Crippen LogP contribution in [0, 0.1) is 0 Å². The van der Waals surface area contributed by atoms with Crippen molar-refractivity contribution in [2.75, 3.05) is 24.4 Å². The van der Waals surface area contributed by atoms with Crippen molar-refractivity contribution in [2.24, 2.45) is 0 Å². The molecule has 5 nitrogen and oxygen atoms in total. The molecule has 0 aromatic heterocycles. The molecule has 1 aromatic carbocycles. The van der Waals surface area contributed by atoms with Crippen molar-refractivity contribution in [3.63, 3.8) is 0 Å². The fourth-order valence-electron chi connectivity index (χ4n) is 1.49. The second-order valence-electron chi connectivity index (χ2n) is 3.96. The van der Waals surface area contributed by atoms with Gasteiger partial charge in [0.15, 0.2) is 0 Å². The van der Waals surface area contributed by atoms with Gasteiger partial charge in [-0.2, -0.15) is 11.8 Å². The van der Waals surface area contributed by atoms with Crippen LogP contribution in [0.5, 0.6) is 0 Å². The number of methoxy groups -OCH3 is 1. The predicted octanol–water partition coefficient (Wildman–Crippen LogP) is 2.76. The molecule has 0 aliphatic rings. The van der Waals surface area contributed by atoms with E-state index in [1.165, 1.54) is 7.11 Å². The second kappa shape index (κ2) is 8.71. The van der Waals surface area contributed by atoms with Crippen molar-refractivity contribution < 1.29 is 14.3 Å². The number of nitrogens with one attached hydrogen (secondary N) is 2. The summed E-state index contributed by atoms with van der Waals surface area (Å²) in [5.74, 6) is 0.298. The van der Waals surface area contributed by atoms with E-state index in [9.17, 15) is 9.59 Å². The van der Waals surface area contributed by atoms with E-state index in [2.05, 4.69) is 15.4 Å². The monoisotopic (exact) mass is 316 g/mol. The standard InChI is InChI=1S/C13H17ClN2O3S/c1-19-12(17)11(7-8-20-2)16-13(18)15-10-5-3-9(14)4-6-10/h3-6,11H,7-8H2,1-2H3,(H2,15,16,18). The lowest BCUT2D eigenvalue weighted by Crippen LogP contribution is -2.44. The number of hydrogen-bond donors (Lipinski definition) is 2. The van der Waals surface area contributed by atoms with Gasteiger partial charge in [-0.3, -0.25) is 0 Å². The number of rotatable bonds is 6. The molecule has 0 spiro atoms. The highest BCUT2D eigenvalue weighted by Crippen LogP contribution is 2.13. The molecule has 7 heteroatoms. The molecule has 0 heterocycles. The lowest BCUT2D eigenvalue weighted by Gasteiger charge is -2.16. The Morgan fingerprint density at radius 1 is 1.35 bits per heavy atom. The van der Waals surface area contributed by atoms with Crippen LogP contribution in [0.3, 0.4) is 0 Å². The number of thioether (sulfide) groups is 1. The molecule has 0 fully saturated rings.